The summed E-state index contributed by atoms with van der Waals surface area (Å²) in [5.74, 6) is -0.765. The van der Waals surface area contributed by atoms with E-state index in [1.807, 2.05) is 0 Å². The van der Waals surface area contributed by atoms with Gasteiger partial charge in [0.25, 0.3) is 0 Å². The van der Waals surface area contributed by atoms with Crippen LogP contribution in [0.1, 0.15) is 35.8 Å². The molecule has 15 heavy (non-hydrogen) atoms. The van der Waals surface area contributed by atoms with Gasteiger partial charge >= 0.3 is 0 Å². The Balaban J connectivity index is 2.63. The van der Waals surface area contributed by atoms with Crippen LogP contribution in [0.3, 0.4) is 0 Å². The first-order valence-electron chi connectivity index (χ1n) is 4.91. The molecule has 0 aromatic heterocycles. The largest absolute Gasteiger partial charge is 0.207 e. The second kappa shape index (κ2) is 4.38. The third kappa shape index (κ3) is 2.04. The van der Waals surface area contributed by atoms with Crippen LogP contribution in [0.4, 0.5) is 8.78 Å². The van der Waals surface area contributed by atoms with Crippen molar-refractivity contribution in [3.05, 3.63) is 33.3 Å². The Labute approximate surface area is 101 Å². The maximum Gasteiger partial charge on any atom is 0.142 e. The zero-order chi connectivity index (χ0) is 11.0. The minimum absolute atomic E-state index is 0.159. The first kappa shape index (κ1) is 11.3. The highest BCUT2D eigenvalue weighted by Crippen LogP contribution is 2.38. The van der Waals surface area contributed by atoms with E-state index in [0.717, 1.165) is 12.8 Å². The minimum atomic E-state index is -0.409. The van der Waals surface area contributed by atoms with Gasteiger partial charge in [0, 0.05) is 5.56 Å². The molecule has 0 saturated heterocycles. The highest BCUT2D eigenvalue weighted by molar-refractivity contribution is 9.10. The van der Waals surface area contributed by atoms with Gasteiger partial charge in [0.15, 0.2) is 0 Å². The Morgan fingerprint density at radius 1 is 1.33 bits per heavy atom. The van der Waals surface area contributed by atoms with Crippen molar-refractivity contribution >= 4 is 27.5 Å². The predicted octanol–water partition coefficient (Wildman–Crippen LogP) is 4.73. The molecule has 0 radical (unpaired) electrons. The van der Waals surface area contributed by atoms with E-state index in [-0.39, 0.29) is 10.3 Å². The van der Waals surface area contributed by atoms with Gasteiger partial charge < -0.3 is 0 Å². The molecule has 0 bridgehead atoms. The van der Waals surface area contributed by atoms with Gasteiger partial charge in [-0.3, -0.25) is 0 Å². The molecule has 1 aromatic rings. The normalized spacial score (nSPS) is 20.9. The summed E-state index contributed by atoms with van der Waals surface area (Å²) in [6.45, 7) is 0. The maximum atomic E-state index is 13.8. The van der Waals surface area contributed by atoms with E-state index in [9.17, 15) is 8.78 Å². The second-order valence-corrected chi connectivity index (χ2v) is 5.14. The van der Waals surface area contributed by atoms with Crippen molar-refractivity contribution in [1.82, 2.24) is 0 Å². The molecule has 82 valence electrons. The monoisotopic (exact) mass is 294 g/mol. The van der Waals surface area contributed by atoms with Crippen LogP contribution in [0.15, 0.2) is 10.5 Å². The van der Waals surface area contributed by atoms with Crippen LogP contribution < -0.4 is 0 Å². The molecule has 0 fully saturated rings. The predicted molar refractivity (Wildman–Crippen MR) is 60.2 cm³/mol. The molecule has 0 amide bonds. The van der Waals surface area contributed by atoms with Gasteiger partial charge in [-0.1, -0.05) is 6.42 Å². The Kier molecular flexibility index (Phi) is 3.31. The molecular weight excluding hydrogens is 285 g/mol. The first-order valence-corrected chi connectivity index (χ1v) is 6.14. The highest BCUT2D eigenvalue weighted by atomic mass is 79.9. The minimum Gasteiger partial charge on any atom is -0.207 e. The summed E-state index contributed by atoms with van der Waals surface area (Å²) >= 11 is 9.08. The molecule has 1 aliphatic rings. The summed E-state index contributed by atoms with van der Waals surface area (Å²) in [6.07, 6.45) is 3.07. The molecule has 0 saturated carbocycles. The van der Waals surface area contributed by atoms with Crippen LogP contribution >= 0.6 is 27.5 Å². The Morgan fingerprint density at radius 3 is 2.80 bits per heavy atom. The van der Waals surface area contributed by atoms with Crippen molar-refractivity contribution in [2.75, 3.05) is 0 Å². The second-order valence-electron chi connectivity index (χ2n) is 3.76. The number of benzene rings is 1. The highest BCUT2D eigenvalue weighted by Gasteiger charge is 2.25. The summed E-state index contributed by atoms with van der Waals surface area (Å²) < 4.78 is 27.6. The summed E-state index contributed by atoms with van der Waals surface area (Å²) in [5, 5.41) is -0.408. The van der Waals surface area contributed by atoms with E-state index in [1.165, 1.54) is 6.07 Å². The molecule has 0 spiro atoms. The van der Waals surface area contributed by atoms with Gasteiger partial charge in [-0.05, 0) is 46.8 Å². The van der Waals surface area contributed by atoms with Crippen LogP contribution in [0.25, 0.3) is 0 Å². The zero-order valence-electron chi connectivity index (χ0n) is 7.99. The van der Waals surface area contributed by atoms with Gasteiger partial charge in [-0.25, -0.2) is 8.78 Å². The van der Waals surface area contributed by atoms with Gasteiger partial charge in [0.2, 0.25) is 0 Å². The van der Waals surface area contributed by atoms with E-state index >= 15 is 0 Å². The number of hydrogen-bond donors (Lipinski definition) is 0. The van der Waals surface area contributed by atoms with Gasteiger partial charge in [0.05, 0.1) is 9.85 Å². The molecule has 2 rings (SSSR count). The fraction of sp³-hybridized carbons (Fsp3) is 0.455. The lowest BCUT2D eigenvalue weighted by atomic mass is 10.0. The third-order valence-electron chi connectivity index (χ3n) is 2.76. The summed E-state index contributed by atoms with van der Waals surface area (Å²) in [5.41, 5.74) is 0.800. The van der Waals surface area contributed by atoms with Gasteiger partial charge in [-0.2, -0.15) is 0 Å². The maximum absolute atomic E-state index is 13.8. The lowest BCUT2D eigenvalue weighted by molar-refractivity contribution is 0.566. The van der Waals surface area contributed by atoms with Crippen molar-refractivity contribution in [2.45, 2.75) is 31.1 Å². The van der Waals surface area contributed by atoms with Crippen molar-refractivity contribution in [1.29, 1.82) is 0 Å². The van der Waals surface area contributed by atoms with E-state index < -0.39 is 11.2 Å². The average molecular weight is 296 g/mol. The third-order valence-corrected chi connectivity index (χ3v) is 3.77. The zero-order valence-corrected chi connectivity index (χ0v) is 10.3. The first-order chi connectivity index (χ1) is 7.11. The Morgan fingerprint density at radius 2 is 2.07 bits per heavy atom. The molecule has 0 aliphatic heterocycles. The van der Waals surface area contributed by atoms with Crippen molar-refractivity contribution in [3.8, 4) is 0 Å². The number of hydrogen-bond acceptors (Lipinski definition) is 0. The standard InChI is InChI=1S/C11H10BrClF2/c12-7-5-9(14)6-3-1-2-4-8(13)10(6)11(7)15/h5,8H,1-4H2. The molecule has 0 heterocycles. The van der Waals surface area contributed by atoms with Crippen LogP contribution in [-0.2, 0) is 6.42 Å². The molecule has 1 atom stereocenters. The molecular formula is C11H10BrClF2. The van der Waals surface area contributed by atoms with Crippen LogP contribution in [0.2, 0.25) is 0 Å². The number of fused-ring (bicyclic) bond motifs is 1. The van der Waals surface area contributed by atoms with Crippen LogP contribution in [0.5, 0.6) is 0 Å². The number of halogens is 4. The van der Waals surface area contributed by atoms with E-state index in [0.29, 0.717) is 24.0 Å². The Bertz CT molecular complexity index is 393. The quantitative estimate of drug-likeness (QED) is 0.369. The lowest BCUT2D eigenvalue weighted by Crippen LogP contribution is -2.02. The van der Waals surface area contributed by atoms with Crippen LogP contribution in [-0.4, -0.2) is 0 Å². The Hall–Kier alpha value is -0.150. The summed E-state index contributed by atoms with van der Waals surface area (Å²) in [7, 11) is 0. The molecule has 0 nitrogen and oxygen atoms in total. The SMILES string of the molecule is Fc1cc(Br)c(F)c2c1CCCCC2Cl. The number of alkyl halides is 1. The van der Waals surface area contributed by atoms with Crippen molar-refractivity contribution < 1.29 is 8.78 Å². The van der Waals surface area contributed by atoms with Crippen LogP contribution in [0, 0.1) is 11.6 Å². The van der Waals surface area contributed by atoms with E-state index in [2.05, 4.69) is 15.9 Å². The summed E-state index contributed by atoms with van der Waals surface area (Å²) in [4.78, 5) is 0. The molecule has 1 unspecified atom stereocenters. The van der Waals surface area contributed by atoms with E-state index in [1.54, 1.807) is 0 Å². The fourth-order valence-corrected chi connectivity index (χ4v) is 2.80. The smallest absolute Gasteiger partial charge is 0.142 e. The van der Waals surface area contributed by atoms with Crippen molar-refractivity contribution in [3.63, 3.8) is 0 Å². The topological polar surface area (TPSA) is 0 Å². The average Bonchev–Trinajstić information content (AvgIpc) is 2.37. The van der Waals surface area contributed by atoms with Gasteiger partial charge in [0.1, 0.15) is 11.6 Å². The molecule has 1 aliphatic carbocycles. The van der Waals surface area contributed by atoms with E-state index in [4.69, 9.17) is 11.6 Å². The van der Waals surface area contributed by atoms with Crippen molar-refractivity contribution in [2.24, 2.45) is 0 Å². The molecule has 0 N–H and O–H groups in total. The lowest BCUT2D eigenvalue weighted by Gasteiger charge is -2.13. The van der Waals surface area contributed by atoms with Gasteiger partial charge in [-0.15, -0.1) is 11.6 Å². The summed E-state index contributed by atoms with van der Waals surface area (Å²) in [6, 6.07) is 1.18. The molecule has 4 heteroatoms. The fourth-order valence-electron chi connectivity index (χ4n) is 2.00. The number of rotatable bonds is 0. The molecule has 1 aromatic carbocycles.